The van der Waals surface area contributed by atoms with Gasteiger partial charge < -0.3 is 9.73 Å². The van der Waals surface area contributed by atoms with Crippen molar-refractivity contribution in [3.63, 3.8) is 0 Å². The van der Waals surface area contributed by atoms with Crippen molar-refractivity contribution in [1.29, 1.82) is 0 Å². The number of ether oxygens (including phenoxy) is 1. The average Bonchev–Trinajstić information content (AvgIpc) is 2.59. The highest BCUT2D eigenvalue weighted by Gasteiger charge is 2.26. The number of carbonyl (C=O) groups is 1. The first-order valence-corrected chi connectivity index (χ1v) is 7.83. The van der Waals surface area contributed by atoms with Crippen LogP contribution in [0, 0.1) is 5.82 Å². The lowest BCUT2D eigenvalue weighted by molar-refractivity contribution is 0.141. The Morgan fingerprint density at radius 2 is 2.12 bits per heavy atom. The minimum absolute atomic E-state index is 0.0410. The fraction of sp³-hybridized carbons (Fsp3) is 0.263. The molecule has 1 unspecified atom stereocenters. The Bertz CT molecular complexity index is 789. The molecule has 1 aliphatic rings. The third kappa shape index (κ3) is 3.15. The molecule has 5 heteroatoms. The van der Waals surface area contributed by atoms with Gasteiger partial charge in [0.15, 0.2) is 0 Å². The van der Waals surface area contributed by atoms with Crippen molar-refractivity contribution in [1.82, 2.24) is 0 Å². The van der Waals surface area contributed by atoms with Crippen molar-refractivity contribution in [3.05, 3.63) is 65.0 Å². The van der Waals surface area contributed by atoms with Crippen LogP contribution in [0.1, 0.15) is 29.5 Å². The third-order valence-electron chi connectivity index (χ3n) is 4.16. The molecule has 2 aromatic rings. The van der Waals surface area contributed by atoms with Gasteiger partial charge in [0.25, 0.3) is 0 Å². The van der Waals surface area contributed by atoms with E-state index in [2.05, 4.69) is 4.99 Å². The van der Waals surface area contributed by atoms with Crippen LogP contribution in [0.5, 0.6) is 0 Å². The largest absolute Gasteiger partial charge is 0.444 e. The highest BCUT2D eigenvalue weighted by Crippen LogP contribution is 2.29. The second-order valence-corrected chi connectivity index (χ2v) is 5.82. The topological polar surface area (TPSA) is 41.9 Å². The summed E-state index contributed by atoms with van der Waals surface area (Å²) >= 11 is 0. The Morgan fingerprint density at radius 1 is 1.33 bits per heavy atom. The number of para-hydroxylation sites is 1. The van der Waals surface area contributed by atoms with Gasteiger partial charge in [-0.05, 0) is 17.7 Å². The first kappa shape index (κ1) is 16.2. The molecule has 3 rings (SSSR count). The molecule has 0 aliphatic carbocycles. The molecule has 1 heterocycles. The van der Waals surface area contributed by atoms with E-state index in [1.54, 1.807) is 19.3 Å². The van der Waals surface area contributed by atoms with Gasteiger partial charge in [-0.15, -0.1) is 0 Å². The van der Waals surface area contributed by atoms with Crippen LogP contribution in [0.15, 0.2) is 47.5 Å². The molecule has 124 valence electrons. The minimum atomic E-state index is -0.455. The van der Waals surface area contributed by atoms with E-state index in [9.17, 15) is 9.18 Å². The highest BCUT2D eigenvalue weighted by atomic mass is 19.1. The van der Waals surface area contributed by atoms with Gasteiger partial charge in [0.05, 0.1) is 12.2 Å². The van der Waals surface area contributed by atoms with Crippen LogP contribution in [0.4, 0.5) is 14.9 Å². The molecule has 0 aromatic heterocycles. The molecule has 24 heavy (non-hydrogen) atoms. The molecule has 0 spiro atoms. The normalized spacial score (nSPS) is 15.3. The van der Waals surface area contributed by atoms with Crippen LogP contribution in [0.25, 0.3) is 0 Å². The molecule has 0 saturated heterocycles. The lowest BCUT2D eigenvalue weighted by atomic mass is 10.00. The summed E-state index contributed by atoms with van der Waals surface area (Å²) in [5.41, 5.74) is 2.99. The molecule has 2 aromatic carbocycles. The number of nitrogens with zero attached hydrogens (tertiary/aromatic N) is 2. The summed E-state index contributed by atoms with van der Waals surface area (Å²) in [5, 5.41) is 0. The summed E-state index contributed by atoms with van der Waals surface area (Å²) in [5.74, 6) is -0.293. The van der Waals surface area contributed by atoms with Gasteiger partial charge in [0.1, 0.15) is 12.4 Å². The molecule has 0 saturated carbocycles. The molecule has 0 bridgehead atoms. The molecule has 1 aliphatic heterocycles. The zero-order valence-corrected chi connectivity index (χ0v) is 13.7. The minimum Gasteiger partial charge on any atom is -0.444 e. The fourth-order valence-electron chi connectivity index (χ4n) is 2.82. The quantitative estimate of drug-likeness (QED) is 0.787. The maximum absolute atomic E-state index is 14.5. The summed E-state index contributed by atoms with van der Waals surface area (Å²) in [6.07, 6.45) is 1.32. The number of anilines is 1. The van der Waals surface area contributed by atoms with Crippen molar-refractivity contribution in [2.45, 2.75) is 26.0 Å². The monoisotopic (exact) mass is 326 g/mol. The lowest BCUT2D eigenvalue weighted by Crippen LogP contribution is -2.35. The van der Waals surface area contributed by atoms with Crippen LogP contribution in [0.2, 0.25) is 0 Å². The zero-order chi connectivity index (χ0) is 17.1. The van der Waals surface area contributed by atoms with Gasteiger partial charge in [0.2, 0.25) is 0 Å². The predicted molar refractivity (Wildman–Crippen MR) is 92.0 cm³/mol. The van der Waals surface area contributed by atoms with E-state index in [0.717, 1.165) is 16.8 Å². The highest BCUT2D eigenvalue weighted by molar-refractivity contribution is 5.90. The van der Waals surface area contributed by atoms with E-state index in [0.29, 0.717) is 5.56 Å². The molecule has 0 N–H and O–H groups in total. The first-order valence-electron chi connectivity index (χ1n) is 7.83. The standard InChI is InChI=1S/C19H19FN2O2/c1-13(10-21-2)14-7-8-15(17(20)9-14)11-22-18-6-4-3-5-16(18)12-24-19(22)23/h3-10,13H,11-12H2,1-2H3. The van der Waals surface area contributed by atoms with Crippen LogP contribution in [-0.2, 0) is 17.9 Å². The molecular formula is C19H19FN2O2. The number of halogens is 1. The molecular weight excluding hydrogens is 307 g/mol. The number of rotatable bonds is 4. The second-order valence-electron chi connectivity index (χ2n) is 5.82. The number of benzene rings is 2. The number of cyclic esters (lactones) is 1. The smallest absolute Gasteiger partial charge is 0.414 e. The van der Waals surface area contributed by atoms with E-state index in [1.807, 2.05) is 37.3 Å². The summed E-state index contributed by atoms with van der Waals surface area (Å²) in [7, 11) is 1.70. The van der Waals surface area contributed by atoms with Crippen molar-refractivity contribution in [3.8, 4) is 0 Å². The van der Waals surface area contributed by atoms with Gasteiger partial charge in [-0.3, -0.25) is 4.90 Å². The number of aliphatic imine (C=N–C) groups is 1. The van der Waals surface area contributed by atoms with Crippen molar-refractivity contribution >= 4 is 18.0 Å². The van der Waals surface area contributed by atoms with E-state index < -0.39 is 6.09 Å². The molecule has 4 nitrogen and oxygen atoms in total. The van der Waals surface area contributed by atoms with Crippen LogP contribution in [-0.4, -0.2) is 19.4 Å². The van der Waals surface area contributed by atoms with Crippen LogP contribution < -0.4 is 4.90 Å². The summed E-state index contributed by atoms with van der Waals surface area (Å²) in [6.45, 7) is 2.35. The van der Waals surface area contributed by atoms with E-state index in [1.165, 1.54) is 11.0 Å². The van der Waals surface area contributed by atoms with E-state index in [-0.39, 0.29) is 24.9 Å². The number of fused-ring (bicyclic) bond motifs is 1. The molecule has 1 amide bonds. The Morgan fingerprint density at radius 3 is 2.88 bits per heavy atom. The maximum atomic E-state index is 14.5. The Labute approximate surface area is 140 Å². The number of hydrogen-bond acceptors (Lipinski definition) is 3. The SMILES string of the molecule is CN=CC(C)c1ccc(CN2C(=O)OCc3ccccc32)c(F)c1. The van der Waals surface area contributed by atoms with Gasteiger partial charge >= 0.3 is 6.09 Å². The van der Waals surface area contributed by atoms with Crippen molar-refractivity contribution < 1.29 is 13.9 Å². The predicted octanol–water partition coefficient (Wildman–Crippen LogP) is 4.29. The zero-order valence-electron chi connectivity index (χ0n) is 13.7. The molecule has 0 radical (unpaired) electrons. The second kappa shape index (κ2) is 6.83. The van der Waals surface area contributed by atoms with Gasteiger partial charge in [0, 0.05) is 30.3 Å². The van der Waals surface area contributed by atoms with Gasteiger partial charge in [-0.1, -0.05) is 37.3 Å². The van der Waals surface area contributed by atoms with E-state index in [4.69, 9.17) is 4.74 Å². The van der Waals surface area contributed by atoms with Crippen molar-refractivity contribution in [2.24, 2.45) is 4.99 Å². The van der Waals surface area contributed by atoms with Gasteiger partial charge in [-0.2, -0.15) is 0 Å². The fourth-order valence-corrected chi connectivity index (χ4v) is 2.82. The van der Waals surface area contributed by atoms with Crippen LogP contribution >= 0.6 is 0 Å². The number of amides is 1. The average molecular weight is 326 g/mol. The van der Waals surface area contributed by atoms with Crippen LogP contribution in [0.3, 0.4) is 0 Å². The van der Waals surface area contributed by atoms with Gasteiger partial charge in [-0.25, -0.2) is 9.18 Å². The maximum Gasteiger partial charge on any atom is 0.414 e. The first-order chi connectivity index (χ1) is 11.6. The Kier molecular flexibility index (Phi) is 4.60. The Balaban J connectivity index is 1.87. The number of carbonyl (C=O) groups excluding carboxylic acids is 1. The molecule has 0 fully saturated rings. The lowest BCUT2D eigenvalue weighted by Gasteiger charge is -2.29. The van der Waals surface area contributed by atoms with Crippen molar-refractivity contribution in [2.75, 3.05) is 11.9 Å². The summed E-state index contributed by atoms with van der Waals surface area (Å²) < 4.78 is 19.7. The number of hydrogen-bond donors (Lipinski definition) is 0. The summed E-state index contributed by atoms with van der Waals surface area (Å²) in [6, 6.07) is 12.6. The summed E-state index contributed by atoms with van der Waals surface area (Å²) in [4.78, 5) is 17.5. The van der Waals surface area contributed by atoms with E-state index >= 15 is 0 Å². The Hall–Kier alpha value is -2.69. The third-order valence-corrected chi connectivity index (χ3v) is 4.16. The molecule has 1 atom stereocenters.